The van der Waals surface area contributed by atoms with Crippen LogP contribution in [0.5, 0.6) is 5.75 Å². The van der Waals surface area contributed by atoms with Gasteiger partial charge < -0.3 is 14.8 Å². The standard InChI is InChI=1S/C30H31NO3/c32-30(33)29-25(13-7-19-34-28-14-6-11-23-10-4-5-12-24(23)28)26-20-22(17-18-27(26)31-29)16-15-21-8-2-1-3-9-21/h4-6,10-12,14-18,20-21,31H,1-3,7-9,13,19H2,(H,32,33). The van der Waals surface area contributed by atoms with Gasteiger partial charge in [-0.15, -0.1) is 0 Å². The van der Waals surface area contributed by atoms with Gasteiger partial charge in [-0.05, 0) is 66.3 Å². The molecular formula is C30H31NO3. The molecule has 1 aliphatic rings. The Morgan fingerprint density at radius 2 is 1.82 bits per heavy atom. The average Bonchev–Trinajstić information content (AvgIpc) is 3.24. The molecule has 5 rings (SSSR count). The molecule has 34 heavy (non-hydrogen) atoms. The second-order valence-electron chi connectivity index (χ2n) is 9.28. The van der Waals surface area contributed by atoms with Crippen LogP contribution < -0.4 is 4.74 Å². The van der Waals surface area contributed by atoms with Crippen LogP contribution in [-0.2, 0) is 6.42 Å². The number of aromatic carboxylic acids is 1. The highest BCUT2D eigenvalue weighted by Gasteiger charge is 2.17. The lowest BCUT2D eigenvalue weighted by Crippen LogP contribution is -2.04. The van der Waals surface area contributed by atoms with Gasteiger partial charge in [-0.2, -0.15) is 0 Å². The molecule has 4 heteroatoms. The monoisotopic (exact) mass is 453 g/mol. The van der Waals surface area contributed by atoms with E-state index in [9.17, 15) is 9.90 Å². The molecule has 0 saturated heterocycles. The Morgan fingerprint density at radius 1 is 1.00 bits per heavy atom. The van der Waals surface area contributed by atoms with Crippen LogP contribution in [0.1, 0.15) is 60.1 Å². The van der Waals surface area contributed by atoms with Crippen LogP contribution >= 0.6 is 0 Å². The number of benzene rings is 3. The summed E-state index contributed by atoms with van der Waals surface area (Å²) in [5, 5.41) is 13.0. The predicted octanol–water partition coefficient (Wildman–Crippen LogP) is 7.62. The van der Waals surface area contributed by atoms with Crippen molar-refractivity contribution in [2.75, 3.05) is 6.61 Å². The SMILES string of the molecule is O=C(O)c1[nH]c2ccc(C=CC3CCCCC3)cc2c1CCCOc1cccc2ccccc12. The van der Waals surface area contributed by atoms with E-state index in [0.29, 0.717) is 18.9 Å². The highest BCUT2D eigenvalue weighted by Crippen LogP contribution is 2.29. The van der Waals surface area contributed by atoms with E-state index < -0.39 is 5.97 Å². The van der Waals surface area contributed by atoms with Crippen molar-refractivity contribution in [2.24, 2.45) is 5.92 Å². The molecule has 174 valence electrons. The first kappa shape index (κ1) is 22.3. The summed E-state index contributed by atoms with van der Waals surface area (Å²) in [6.45, 7) is 0.529. The summed E-state index contributed by atoms with van der Waals surface area (Å²) in [6, 6.07) is 20.4. The van der Waals surface area contributed by atoms with Gasteiger partial charge in [0.15, 0.2) is 0 Å². The van der Waals surface area contributed by atoms with Gasteiger partial charge in [0.2, 0.25) is 0 Å². The summed E-state index contributed by atoms with van der Waals surface area (Å²) >= 11 is 0. The summed E-state index contributed by atoms with van der Waals surface area (Å²) in [6.07, 6.45) is 12.4. The number of nitrogens with one attached hydrogen (secondary N) is 1. The minimum absolute atomic E-state index is 0.286. The predicted molar refractivity (Wildman–Crippen MR) is 139 cm³/mol. The molecule has 0 atom stereocenters. The molecule has 1 heterocycles. The molecule has 4 aromatic rings. The average molecular weight is 454 g/mol. The maximum atomic E-state index is 11.9. The normalized spacial score (nSPS) is 14.8. The van der Waals surface area contributed by atoms with Gasteiger partial charge >= 0.3 is 5.97 Å². The Hall–Kier alpha value is -3.53. The topological polar surface area (TPSA) is 62.3 Å². The third-order valence-corrected chi connectivity index (χ3v) is 6.93. The quantitative estimate of drug-likeness (QED) is 0.270. The molecule has 1 aromatic heterocycles. The minimum atomic E-state index is -0.916. The zero-order valence-corrected chi connectivity index (χ0v) is 19.4. The number of hydrogen-bond acceptors (Lipinski definition) is 2. The Bertz CT molecular complexity index is 1320. The summed E-state index contributed by atoms with van der Waals surface area (Å²) in [5.41, 5.74) is 3.14. The Morgan fingerprint density at radius 3 is 2.68 bits per heavy atom. The Labute approximate surface area is 200 Å². The van der Waals surface area contributed by atoms with Crippen LogP contribution in [0, 0.1) is 5.92 Å². The molecule has 1 fully saturated rings. The van der Waals surface area contributed by atoms with Crippen LogP contribution in [0.4, 0.5) is 0 Å². The number of H-pyrrole nitrogens is 1. The number of aryl methyl sites for hydroxylation is 1. The van der Waals surface area contributed by atoms with Crippen molar-refractivity contribution >= 4 is 33.7 Å². The van der Waals surface area contributed by atoms with Crippen molar-refractivity contribution < 1.29 is 14.6 Å². The zero-order chi connectivity index (χ0) is 23.3. The second-order valence-corrected chi connectivity index (χ2v) is 9.28. The fourth-order valence-corrected chi connectivity index (χ4v) is 5.14. The van der Waals surface area contributed by atoms with E-state index >= 15 is 0 Å². The van der Waals surface area contributed by atoms with Crippen LogP contribution in [0.3, 0.4) is 0 Å². The third-order valence-electron chi connectivity index (χ3n) is 6.93. The van der Waals surface area contributed by atoms with E-state index in [1.165, 1.54) is 32.1 Å². The molecule has 1 saturated carbocycles. The van der Waals surface area contributed by atoms with E-state index in [1.54, 1.807) is 0 Å². The van der Waals surface area contributed by atoms with Crippen LogP contribution in [0.2, 0.25) is 0 Å². The van der Waals surface area contributed by atoms with Crippen molar-refractivity contribution in [2.45, 2.75) is 44.9 Å². The number of carboxylic acids is 1. The maximum Gasteiger partial charge on any atom is 0.352 e. The third kappa shape index (κ3) is 4.86. The van der Waals surface area contributed by atoms with Crippen molar-refractivity contribution in [1.29, 1.82) is 0 Å². The number of ether oxygens (including phenoxy) is 1. The zero-order valence-electron chi connectivity index (χ0n) is 19.4. The number of aromatic amines is 1. The molecule has 0 aliphatic heterocycles. The molecule has 0 bridgehead atoms. The summed E-state index contributed by atoms with van der Waals surface area (Å²) < 4.78 is 6.09. The molecule has 1 aliphatic carbocycles. The molecule has 0 radical (unpaired) electrons. The fourth-order valence-electron chi connectivity index (χ4n) is 5.14. The van der Waals surface area contributed by atoms with E-state index in [4.69, 9.17) is 4.74 Å². The lowest BCUT2D eigenvalue weighted by atomic mass is 9.88. The van der Waals surface area contributed by atoms with Gasteiger partial charge in [-0.25, -0.2) is 4.79 Å². The van der Waals surface area contributed by atoms with E-state index in [1.807, 2.05) is 30.3 Å². The van der Waals surface area contributed by atoms with E-state index in [2.05, 4.69) is 47.5 Å². The number of aromatic nitrogens is 1. The number of fused-ring (bicyclic) bond motifs is 2. The van der Waals surface area contributed by atoms with Crippen LogP contribution in [0.15, 0.2) is 66.7 Å². The Kier molecular flexibility index (Phi) is 6.66. The molecule has 0 amide bonds. The largest absolute Gasteiger partial charge is 0.493 e. The molecule has 0 spiro atoms. The van der Waals surface area contributed by atoms with Crippen molar-refractivity contribution in [1.82, 2.24) is 4.98 Å². The van der Waals surface area contributed by atoms with Gasteiger partial charge in [-0.1, -0.05) is 73.9 Å². The number of rotatable bonds is 8. The van der Waals surface area contributed by atoms with Crippen LogP contribution in [-0.4, -0.2) is 22.7 Å². The van der Waals surface area contributed by atoms with Gasteiger partial charge in [-0.3, -0.25) is 0 Å². The van der Waals surface area contributed by atoms with Crippen molar-refractivity contribution in [3.63, 3.8) is 0 Å². The van der Waals surface area contributed by atoms with E-state index in [0.717, 1.165) is 45.0 Å². The number of carboxylic acid groups (broad SMARTS) is 1. The minimum Gasteiger partial charge on any atom is -0.493 e. The van der Waals surface area contributed by atoms with E-state index in [-0.39, 0.29) is 5.69 Å². The highest BCUT2D eigenvalue weighted by atomic mass is 16.5. The first-order valence-electron chi connectivity index (χ1n) is 12.4. The first-order chi connectivity index (χ1) is 16.7. The first-order valence-corrected chi connectivity index (χ1v) is 12.4. The van der Waals surface area contributed by atoms with Crippen molar-refractivity contribution in [3.8, 4) is 5.75 Å². The summed E-state index contributed by atoms with van der Waals surface area (Å²) in [5.74, 6) is 0.613. The number of hydrogen-bond donors (Lipinski definition) is 2. The number of allylic oxidation sites excluding steroid dienone is 1. The van der Waals surface area contributed by atoms with Gasteiger partial charge in [0.25, 0.3) is 0 Å². The number of carbonyl (C=O) groups is 1. The summed E-state index contributed by atoms with van der Waals surface area (Å²) in [7, 11) is 0. The molecule has 3 aromatic carbocycles. The fraction of sp³-hybridized carbons (Fsp3) is 0.300. The highest BCUT2D eigenvalue weighted by molar-refractivity contribution is 5.98. The molecule has 0 unspecified atom stereocenters. The van der Waals surface area contributed by atoms with Crippen LogP contribution in [0.25, 0.3) is 27.8 Å². The van der Waals surface area contributed by atoms with Gasteiger partial charge in [0.1, 0.15) is 11.4 Å². The molecule has 2 N–H and O–H groups in total. The summed E-state index contributed by atoms with van der Waals surface area (Å²) in [4.78, 5) is 15.0. The van der Waals surface area contributed by atoms with Gasteiger partial charge in [0.05, 0.1) is 6.61 Å². The smallest absolute Gasteiger partial charge is 0.352 e. The van der Waals surface area contributed by atoms with Gasteiger partial charge in [0, 0.05) is 16.3 Å². The molecular weight excluding hydrogens is 422 g/mol. The Balaban J connectivity index is 1.32. The second kappa shape index (κ2) is 10.2. The lowest BCUT2D eigenvalue weighted by Gasteiger charge is -2.17. The lowest BCUT2D eigenvalue weighted by molar-refractivity contribution is 0.0690. The molecule has 4 nitrogen and oxygen atoms in total. The maximum absolute atomic E-state index is 11.9. The van der Waals surface area contributed by atoms with Crippen molar-refractivity contribution in [3.05, 3.63) is 83.6 Å².